The molecule has 2 aromatic rings. The van der Waals surface area contributed by atoms with E-state index in [1.165, 1.54) is 6.08 Å². The SMILES string of the molecule is CCOC(=O)/C=C/c1ccc(NC(=O)N2CCC[C@H]2c2ccc(OCC)cc2)cc1. The zero-order valence-corrected chi connectivity index (χ0v) is 17.5. The van der Waals surface area contributed by atoms with Crippen LogP contribution in [0.5, 0.6) is 5.75 Å². The molecule has 1 heterocycles. The van der Waals surface area contributed by atoms with E-state index in [-0.39, 0.29) is 18.0 Å². The Morgan fingerprint density at radius 1 is 1.07 bits per heavy atom. The van der Waals surface area contributed by atoms with Crippen LogP contribution in [0.2, 0.25) is 0 Å². The zero-order valence-electron chi connectivity index (χ0n) is 17.5. The van der Waals surface area contributed by atoms with Gasteiger partial charge in [0.1, 0.15) is 5.75 Å². The number of benzene rings is 2. The molecular weight excluding hydrogens is 380 g/mol. The van der Waals surface area contributed by atoms with Gasteiger partial charge in [-0.05, 0) is 68.2 Å². The molecule has 1 aliphatic rings. The summed E-state index contributed by atoms with van der Waals surface area (Å²) in [6.45, 7) is 5.44. The van der Waals surface area contributed by atoms with Crippen LogP contribution < -0.4 is 10.1 Å². The summed E-state index contributed by atoms with van der Waals surface area (Å²) in [5, 5.41) is 2.97. The molecule has 158 valence electrons. The van der Waals surface area contributed by atoms with Gasteiger partial charge in [-0.2, -0.15) is 0 Å². The third-order valence-electron chi connectivity index (χ3n) is 4.95. The number of amides is 2. The van der Waals surface area contributed by atoms with Crippen molar-refractivity contribution < 1.29 is 19.1 Å². The van der Waals surface area contributed by atoms with E-state index in [1.807, 2.05) is 60.4 Å². The number of esters is 1. The number of nitrogens with one attached hydrogen (secondary N) is 1. The van der Waals surface area contributed by atoms with Crippen LogP contribution in [0.25, 0.3) is 6.08 Å². The molecule has 1 atom stereocenters. The number of nitrogens with zero attached hydrogens (tertiary/aromatic N) is 1. The summed E-state index contributed by atoms with van der Waals surface area (Å²) in [4.78, 5) is 26.1. The fraction of sp³-hybridized carbons (Fsp3) is 0.333. The molecule has 0 spiro atoms. The average Bonchev–Trinajstić information content (AvgIpc) is 3.24. The standard InChI is InChI=1S/C24H28N2O4/c1-3-29-21-14-10-19(11-15-21)22-6-5-17-26(22)24(28)25-20-12-7-18(8-13-20)9-16-23(27)30-4-2/h7-16,22H,3-6,17H2,1-2H3,(H,25,28)/b16-9+/t22-/m0/s1. The molecular formula is C24H28N2O4. The highest BCUT2D eigenvalue weighted by molar-refractivity contribution is 5.90. The van der Waals surface area contributed by atoms with Crippen LogP contribution in [-0.4, -0.2) is 36.7 Å². The van der Waals surface area contributed by atoms with Gasteiger partial charge in [0.15, 0.2) is 0 Å². The maximum atomic E-state index is 12.9. The molecule has 0 bridgehead atoms. The van der Waals surface area contributed by atoms with Gasteiger partial charge in [-0.1, -0.05) is 24.3 Å². The lowest BCUT2D eigenvalue weighted by molar-refractivity contribution is -0.137. The lowest BCUT2D eigenvalue weighted by Crippen LogP contribution is -2.34. The van der Waals surface area contributed by atoms with Gasteiger partial charge in [-0.25, -0.2) is 9.59 Å². The Kier molecular flexibility index (Phi) is 7.49. The van der Waals surface area contributed by atoms with Gasteiger partial charge in [-0.3, -0.25) is 0 Å². The zero-order chi connectivity index (χ0) is 21.3. The molecule has 0 aliphatic carbocycles. The van der Waals surface area contributed by atoms with Gasteiger partial charge in [0, 0.05) is 18.3 Å². The fourth-order valence-corrected chi connectivity index (χ4v) is 3.54. The molecule has 30 heavy (non-hydrogen) atoms. The van der Waals surface area contributed by atoms with E-state index in [0.29, 0.717) is 18.9 Å². The topological polar surface area (TPSA) is 67.9 Å². The Hall–Kier alpha value is -3.28. The van der Waals surface area contributed by atoms with Crippen molar-refractivity contribution in [2.75, 3.05) is 25.1 Å². The number of carbonyl (C=O) groups is 2. The Balaban J connectivity index is 1.61. The Morgan fingerprint density at radius 2 is 1.80 bits per heavy atom. The summed E-state index contributed by atoms with van der Waals surface area (Å²) < 4.78 is 10.4. The monoisotopic (exact) mass is 408 g/mol. The lowest BCUT2D eigenvalue weighted by Gasteiger charge is -2.25. The molecule has 2 amide bonds. The van der Waals surface area contributed by atoms with Crippen molar-refractivity contribution in [1.82, 2.24) is 4.90 Å². The highest BCUT2D eigenvalue weighted by Crippen LogP contribution is 2.33. The predicted octanol–water partition coefficient (Wildman–Crippen LogP) is 5.03. The number of hydrogen-bond donors (Lipinski definition) is 1. The van der Waals surface area contributed by atoms with Crippen molar-refractivity contribution in [1.29, 1.82) is 0 Å². The quantitative estimate of drug-likeness (QED) is 0.515. The van der Waals surface area contributed by atoms with Gasteiger partial charge in [-0.15, -0.1) is 0 Å². The Bertz CT molecular complexity index is 875. The fourth-order valence-electron chi connectivity index (χ4n) is 3.54. The second kappa shape index (κ2) is 10.5. The summed E-state index contributed by atoms with van der Waals surface area (Å²) in [6, 6.07) is 15.3. The summed E-state index contributed by atoms with van der Waals surface area (Å²) in [5.41, 5.74) is 2.69. The summed E-state index contributed by atoms with van der Waals surface area (Å²) in [5.74, 6) is 0.469. The molecule has 0 saturated carbocycles. The van der Waals surface area contributed by atoms with Gasteiger partial charge < -0.3 is 19.7 Å². The van der Waals surface area contributed by atoms with Gasteiger partial charge in [0.25, 0.3) is 0 Å². The van der Waals surface area contributed by atoms with Crippen LogP contribution in [0.1, 0.15) is 43.9 Å². The minimum absolute atomic E-state index is 0.0625. The number of likely N-dealkylation sites (tertiary alicyclic amines) is 1. The average molecular weight is 408 g/mol. The number of anilines is 1. The smallest absolute Gasteiger partial charge is 0.330 e. The summed E-state index contributed by atoms with van der Waals surface area (Å²) in [6.07, 6.45) is 5.00. The maximum absolute atomic E-state index is 12.9. The van der Waals surface area contributed by atoms with E-state index >= 15 is 0 Å². The predicted molar refractivity (Wildman–Crippen MR) is 117 cm³/mol. The molecule has 1 fully saturated rings. The molecule has 6 heteroatoms. The van der Waals surface area contributed by atoms with E-state index in [1.54, 1.807) is 13.0 Å². The van der Waals surface area contributed by atoms with E-state index in [4.69, 9.17) is 9.47 Å². The van der Waals surface area contributed by atoms with Crippen molar-refractivity contribution in [2.45, 2.75) is 32.7 Å². The van der Waals surface area contributed by atoms with Crippen molar-refractivity contribution in [3.05, 3.63) is 65.7 Å². The van der Waals surface area contributed by atoms with Crippen LogP contribution in [0, 0.1) is 0 Å². The third-order valence-corrected chi connectivity index (χ3v) is 4.95. The molecule has 6 nitrogen and oxygen atoms in total. The molecule has 1 aliphatic heterocycles. The number of rotatable bonds is 7. The highest BCUT2D eigenvalue weighted by atomic mass is 16.5. The third kappa shape index (κ3) is 5.63. The van der Waals surface area contributed by atoms with Crippen LogP contribution in [0.4, 0.5) is 10.5 Å². The maximum Gasteiger partial charge on any atom is 0.330 e. The molecule has 1 saturated heterocycles. The van der Waals surface area contributed by atoms with Gasteiger partial charge in [0.2, 0.25) is 0 Å². The van der Waals surface area contributed by atoms with Gasteiger partial charge in [0.05, 0.1) is 19.3 Å². The van der Waals surface area contributed by atoms with Crippen molar-refractivity contribution >= 4 is 23.8 Å². The first-order valence-corrected chi connectivity index (χ1v) is 10.4. The first-order chi connectivity index (χ1) is 14.6. The van der Waals surface area contributed by atoms with E-state index in [2.05, 4.69) is 5.32 Å². The van der Waals surface area contributed by atoms with E-state index in [9.17, 15) is 9.59 Å². The minimum atomic E-state index is -0.371. The number of carbonyl (C=O) groups excluding carboxylic acids is 2. The molecule has 0 aromatic heterocycles. The molecule has 2 aromatic carbocycles. The molecule has 0 unspecified atom stereocenters. The summed E-state index contributed by atoms with van der Waals surface area (Å²) >= 11 is 0. The second-order valence-corrected chi connectivity index (χ2v) is 6.99. The molecule has 1 N–H and O–H groups in total. The van der Waals surface area contributed by atoms with Gasteiger partial charge >= 0.3 is 12.0 Å². The largest absolute Gasteiger partial charge is 0.494 e. The van der Waals surface area contributed by atoms with Crippen LogP contribution >= 0.6 is 0 Å². The van der Waals surface area contributed by atoms with Crippen molar-refractivity contribution in [3.63, 3.8) is 0 Å². The van der Waals surface area contributed by atoms with E-state index < -0.39 is 0 Å². The number of hydrogen-bond acceptors (Lipinski definition) is 4. The first-order valence-electron chi connectivity index (χ1n) is 10.4. The normalized spacial score (nSPS) is 15.9. The highest BCUT2D eigenvalue weighted by Gasteiger charge is 2.30. The minimum Gasteiger partial charge on any atom is -0.494 e. The van der Waals surface area contributed by atoms with Crippen LogP contribution in [0.3, 0.4) is 0 Å². The molecule has 0 radical (unpaired) electrons. The van der Waals surface area contributed by atoms with Crippen LogP contribution in [0.15, 0.2) is 54.6 Å². The van der Waals surface area contributed by atoms with E-state index in [0.717, 1.165) is 36.3 Å². The Labute approximate surface area is 177 Å². The van der Waals surface area contributed by atoms with Crippen molar-refractivity contribution in [3.8, 4) is 5.75 Å². The number of ether oxygens (including phenoxy) is 2. The second-order valence-electron chi connectivity index (χ2n) is 6.99. The summed E-state index contributed by atoms with van der Waals surface area (Å²) in [7, 11) is 0. The lowest BCUT2D eigenvalue weighted by atomic mass is 10.0. The number of urea groups is 1. The van der Waals surface area contributed by atoms with Crippen LogP contribution in [-0.2, 0) is 9.53 Å². The molecule has 3 rings (SSSR count). The Morgan fingerprint density at radius 3 is 2.47 bits per heavy atom. The first kappa shape index (κ1) is 21.4. The van der Waals surface area contributed by atoms with Crippen molar-refractivity contribution in [2.24, 2.45) is 0 Å².